The molecule has 6 rings (SSSR count). The fourth-order valence-electron chi connectivity index (χ4n) is 5.10. The van der Waals surface area contributed by atoms with Gasteiger partial charge >= 0.3 is 0 Å². The number of hydrogen-bond donors (Lipinski definition) is 1. The predicted molar refractivity (Wildman–Crippen MR) is 134 cm³/mol. The first-order valence-electron chi connectivity index (χ1n) is 12.0. The summed E-state index contributed by atoms with van der Waals surface area (Å²) in [6, 6.07) is 12.5. The van der Waals surface area contributed by atoms with Crippen molar-refractivity contribution in [2.45, 2.75) is 31.9 Å². The molecule has 0 saturated heterocycles. The minimum Gasteiger partial charge on any atom is -0.493 e. The largest absolute Gasteiger partial charge is 0.493 e. The Morgan fingerprint density at radius 3 is 3.00 bits per heavy atom. The standard InChI is InChI=1S/C28H25FN4O3/c1-16-5-3-6-17-14-31-28(34)25-24(17)32-27(33(25)15-18-7-4-8-22(29)26(18)35-2)20-11-12-30-23-10-9-19(36-16)13-21(20)23/h3-5,7-13,16-17H,6,14-15H2,1-2H3,(H,31,34)/b5-3-/t16-,17-/m0/s1. The average molecular weight is 485 g/mol. The summed E-state index contributed by atoms with van der Waals surface area (Å²) in [4.78, 5) is 22.8. The van der Waals surface area contributed by atoms with E-state index < -0.39 is 5.82 Å². The first-order chi connectivity index (χ1) is 17.5. The zero-order valence-electron chi connectivity index (χ0n) is 20.0. The molecule has 0 aliphatic carbocycles. The summed E-state index contributed by atoms with van der Waals surface area (Å²) >= 11 is 0. The van der Waals surface area contributed by atoms with E-state index in [1.165, 1.54) is 13.2 Å². The molecule has 2 aliphatic rings. The third-order valence-corrected chi connectivity index (χ3v) is 6.79. The molecule has 4 aromatic rings. The molecule has 8 heteroatoms. The van der Waals surface area contributed by atoms with Crippen molar-refractivity contribution in [2.24, 2.45) is 0 Å². The number of aromatic nitrogens is 3. The zero-order valence-corrected chi connectivity index (χ0v) is 20.0. The number of nitrogens with one attached hydrogen (secondary N) is 1. The second-order valence-corrected chi connectivity index (χ2v) is 9.12. The number of rotatable bonds is 3. The average Bonchev–Trinajstić information content (AvgIpc) is 3.25. The van der Waals surface area contributed by atoms with Crippen LogP contribution in [0.3, 0.4) is 0 Å². The Morgan fingerprint density at radius 2 is 2.14 bits per heavy atom. The number of halogens is 1. The Balaban J connectivity index is 1.64. The molecule has 2 aliphatic heterocycles. The van der Waals surface area contributed by atoms with Crippen LogP contribution in [0.1, 0.15) is 41.0 Å². The van der Waals surface area contributed by atoms with Gasteiger partial charge in [-0.25, -0.2) is 9.37 Å². The predicted octanol–water partition coefficient (Wildman–Crippen LogP) is 4.85. The van der Waals surface area contributed by atoms with E-state index >= 15 is 0 Å². The van der Waals surface area contributed by atoms with Crippen molar-refractivity contribution >= 4 is 16.8 Å². The number of amides is 1. The number of carbonyl (C=O) groups is 1. The van der Waals surface area contributed by atoms with Gasteiger partial charge in [-0.15, -0.1) is 0 Å². The molecule has 2 atom stereocenters. The lowest BCUT2D eigenvalue weighted by Crippen LogP contribution is -2.36. The Bertz CT molecular complexity index is 1530. The maximum absolute atomic E-state index is 14.6. The van der Waals surface area contributed by atoms with E-state index in [9.17, 15) is 9.18 Å². The third-order valence-electron chi connectivity index (χ3n) is 6.79. The fourth-order valence-corrected chi connectivity index (χ4v) is 5.10. The normalized spacial score (nSPS) is 19.6. The maximum Gasteiger partial charge on any atom is 0.269 e. The number of methoxy groups -OCH3 is 1. The van der Waals surface area contributed by atoms with Crippen LogP contribution in [0.15, 0.2) is 60.8 Å². The van der Waals surface area contributed by atoms with Crippen molar-refractivity contribution in [3.8, 4) is 22.9 Å². The molecule has 0 radical (unpaired) electrons. The van der Waals surface area contributed by atoms with Crippen LogP contribution in [0.25, 0.3) is 22.3 Å². The van der Waals surface area contributed by atoms with E-state index in [0.29, 0.717) is 30.0 Å². The monoisotopic (exact) mass is 484 g/mol. The first kappa shape index (κ1) is 22.3. The second kappa shape index (κ2) is 8.78. The van der Waals surface area contributed by atoms with Crippen molar-refractivity contribution in [1.82, 2.24) is 19.9 Å². The number of nitrogens with zero attached hydrogens (tertiary/aromatic N) is 3. The van der Waals surface area contributed by atoms with Crippen LogP contribution in [0.4, 0.5) is 4.39 Å². The van der Waals surface area contributed by atoms with Gasteiger partial charge in [-0.3, -0.25) is 9.78 Å². The summed E-state index contributed by atoms with van der Waals surface area (Å²) in [5, 5.41) is 3.88. The highest BCUT2D eigenvalue weighted by atomic mass is 19.1. The number of carbonyl (C=O) groups excluding carboxylic acids is 1. The Labute approximate surface area is 207 Å². The number of para-hydroxylation sites is 1. The zero-order chi connectivity index (χ0) is 24.8. The lowest BCUT2D eigenvalue weighted by atomic mass is 9.95. The van der Waals surface area contributed by atoms with Crippen LogP contribution in [0, 0.1) is 5.82 Å². The molecule has 182 valence electrons. The summed E-state index contributed by atoms with van der Waals surface area (Å²) in [5.74, 6) is 0.846. The van der Waals surface area contributed by atoms with E-state index in [0.717, 1.165) is 27.9 Å². The van der Waals surface area contributed by atoms with Crippen molar-refractivity contribution < 1.29 is 18.7 Å². The molecule has 0 saturated carbocycles. The van der Waals surface area contributed by atoms with Crippen molar-refractivity contribution in [3.63, 3.8) is 0 Å². The Kier molecular flexibility index (Phi) is 5.44. The highest BCUT2D eigenvalue weighted by Crippen LogP contribution is 2.37. The summed E-state index contributed by atoms with van der Waals surface area (Å²) in [5.41, 5.74) is 3.45. The number of ether oxygens (including phenoxy) is 2. The van der Waals surface area contributed by atoms with Crippen LogP contribution in [0.5, 0.6) is 11.5 Å². The molecular weight excluding hydrogens is 459 g/mol. The molecule has 2 aromatic heterocycles. The lowest BCUT2D eigenvalue weighted by Gasteiger charge is -2.23. The SMILES string of the molecule is COc1c(F)cccc1Cn1c2nc3c1C(=O)NC[C@@H]3C/C=C\[C@H](C)Oc1ccc3nccc-2c3c1. The molecule has 1 amide bonds. The van der Waals surface area contributed by atoms with Gasteiger partial charge in [-0.05, 0) is 49.8 Å². The van der Waals surface area contributed by atoms with Gasteiger partial charge < -0.3 is 19.4 Å². The third kappa shape index (κ3) is 3.69. The lowest BCUT2D eigenvalue weighted by molar-refractivity contribution is 0.0930. The molecule has 7 nitrogen and oxygen atoms in total. The number of pyridine rings is 1. The molecule has 1 N–H and O–H groups in total. The molecule has 0 fully saturated rings. The first-order valence-corrected chi connectivity index (χ1v) is 12.0. The molecule has 0 spiro atoms. The number of hydrogen-bond acceptors (Lipinski definition) is 5. The van der Waals surface area contributed by atoms with E-state index in [1.54, 1.807) is 18.3 Å². The minimum absolute atomic E-state index is 0.00301. The quantitative estimate of drug-likeness (QED) is 0.421. The topological polar surface area (TPSA) is 78.3 Å². The smallest absolute Gasteiger partial charge is 0.269 e. The van der Waals surface area contributed by atoms with Crippen LogP contribution >= 0.6 is 0 Å². The minimum atomic E-state index is -0.453. The molecule has 0 unspecified atom stereocenters. The van der Waals surface area contributed by atoms with Gasteiger partial charge in [0.25, 0.3) is 5.91 Å². The Hall–Kier alpha value is -4.20. The summed E-state index contributed by atoms with van der Waals surface area (Å²) in [7, 11) is 1.44. The van der Waals surface area contributed by atoms with E-state index in [1.807, 2.05) is 41.8 Å². The molecule has 4 bridgehead atoms. The van der Waals surface area contributed by atoms with Crippen molar-refractivity contribution in [2.75, 3.05) is 13.7 Å². The van der Waals surface area contributed by atoms with Crippen LogP contribution in [-0.2, 0) is 6.54 Å². The molecule has 4 heterocycles. The summed E-state index contributed by atoms with van der Waals surface area (Å²) in [6.07, 6.45) is 6.42. The van der Waals surface area contributed by atoms with Crippen LogP contribution in [0.2, 0.25) is 0 Å². The molecular formula is C28H25FN4O3. The van der Waals surface area contributed by atoms with Crippen molar-refractivity contribution in [3.05, 3.63) is 83.6 Å². The number of imidazole rings is 1. The van der Waals surface area contributed by atoms with Gasteiger partial charge in [0.2, 0.25) is 0 Å². The maximum atomic E-state index is 14.6. The highest BCUT2D eigenvalue weighted by molar-refractivity contribution is 5.98. The van der Waals surface area contributed by atoms with Gasteiger partial charge in [0, 0.05) is 35.2 Å². The fraction of sp³-hybridized carbons (Fsp3) is 0.250. The second-order valence-electron chi connectivity index (χ2n) is 9.12. The molecule has 36 heavy (non-hydrogen) atoms. The van der Waals surface area contributed by atoms with E-state index in [-0.39, 0.29) is 30.2 Å². The summed E-state index contributed by atoms with van der Waals surface area (Å²) in [6.45, 7) is 2.70. The number of fused-ring (bicyclic) bond motifs is 3. The van der Waals surface area contributed by atoms with Gasteiger partial charge in [0.05, 0.1) is 24.9 Å². The van der Waals surface area contributed by atoms with Gasteiger partial charge in [0.1, 0.15) is 23.4 Å². The van der Waals surface area contributed by atoms with Gasteiger partial charge in [-0.2, -0.15) is 0 Å². The van der Waals surface area contributed by atoms with Gasteiger partial charge in [0.15, 0.2) is 11.6 Å². The van der Waals surface area contributed by atoms with Crippen LogP contribution in [-0.4, -0.2) is 40.2 Å². The number of allylic oxidation sites excluding steroid dienone is 1. The Morgan fingerprint density at radius 1 is 1.25 bits per heavy atom. The number of benzene rings is 2. The highest BCUT2D eigenvalue weighted by Gasteiger charge is 2.33. The van der Waals surface area contributed by atoms with Gasteiger partial charge in [-0.1, -0.05) is 18.2 Å². The van der Waals surface area contributed by atoms with Crippen LogP contribution < -0.4 is 14.8 Å². The van der Waals surface area contributed by atoms with Crippen molar-refractivity contribution in [1.29, 1.82) is 0 Å². The summed E-state index contributed by atoms with van der Waals surface area (Å²) < 4.78 is 27.9. The van der Waals surface area contributed by atoms with E-state index in [4.69, 9.17) is 14.5 Å². The molecule has 2 aromatic carbocycles. The van der Waals surface area contributed by atoms with E-state index in [2.05, 4.69) is 16.4 Å².